The molecular weight excluding hydrogens is 84.4 g/mol. The first kappa shape index (κ1) is 9.90. The molecule has 0 unspecified atom stereocenters. The fourth-order valence-corrected chi connectivity index (χ4v) is 0.354. The van der Waals surface area contributed by atoms with Gasteiger partial charge in [-0.05, 0) is 0 Å². The van der Waals surface area contributed by atoms with Crippen LogP contribution in [0.2, 0.25) is 0 Å². The van der Waals surface area contributed by atoms with Gasteiger partial charge in [-0.25, -0.2) is 0 Å². The summed E-state index contributed by atoms with van der Waals surface area (Å²) in [5.74, 6) is 0. The molecule has 0 rings (SSSR count). The summed E-state index contributed by atoms with van der Waals surface area (Å²) in [5.41, 5.74) is 0. The van der Waals surface area contributed by atoms with E-state index in [1.165, 1.54) is 19.3 Å². The Kier molecular flexibility index (Phi) is 15.2. The SMILES string of the molecule is CCCCC.[H-].[H-].[Mg+2]. The fraction of sp³-hybridized carbons (Fsp3) is 1.00. The summed E-state index contributed by atoms with van der Waals surface area (Å²) in [6.45, 7) is 4.42. The van der Waals surface area contributed by atoms with Gasteiger partial charge in [0.25, 0.3) is 0 Å². The number of hydrogen-bond donors (Lipinski definition) is 0. The summed E-state index contributed by atoms with van der Waals surface area (Å²) in [4.78, 5) is 0. The summed E-state index contributed by atoms with van der Waals surface area (Å²) in [6.07, 6.45) is 4.08. The van der Waals surface area contributed by atoms with E-state index in [-0.39, 0.29) is 25.9 Å². The Morgan fingerprint density at radius 3 is 1.50 bits per heavy atom. The number of rotatable bonds is 2. The van der Waals surface area contributed by atoms with E-state index < -0.39 is 0 Å². The zero-order valence-corrected chi connectivity index (χ0v) is 6.24. The Morgan fingerprint density at radius 2 is 1.50 bits per heavy atom. The monoisotopic (exact) mass is 98.1 g/mol. The van der Waals surface area contributed by atoms with E-state index >= 15 is 0 Å². The van der Waals surface area contributed by atoms with Gasteiger partial charge >= 0.3 is 23.1 Å². The van der Waals surface area contributed by atoms with Crippen molar-refractivity contribution in [3.05, 3.63) is 0 Å². The van der Waals surface area contributed by atoms with E-state index in [9.17, 15) is 0 Å². The molecule has 36 valence electrons. The predicted molar refractivity (Wildman–Crippen MR) is 33.2 cm³/mol. The van der Waals surface area contributed by atoms with E-state index in [4.69, 9.17) is 0 Å². The molecular formula is C5H14Mg. The van der Waals surface area contributed by atoms with Crippen molar-refractivity contribution in [3.63, 3.8) is 0 Å². The largest absolute Gasteiger partial charge is 2.00 e. The van der Waals surface area contributed by atoms with Gasteiger partial charge in [0.2, 0.25) is 0 Å². The minimum atomic E-state index is 0. The molecule has 0 amide bonds. The fourth-order valence-electron chi connectivity index (χ4n) is 0.354. The van der Waals surface area contributed by atoms with Crippen molar-refractivity contribution in [1.29, 1.82) is 0 Å². The second-order valence-electron chi connectivity index (χ2n) is 1.35. The van der Waals surface area contributed by atoms with Crippen LogP contribution < -0.4 is 0 Å². The Labute approximate surface area is 59.4 Å². The molecule has 0 bridgehead atoms. The van der Waals surface area contributed by atoms with Crippen LogP contribution in [0.1, 0.15) is 36.0 Å². The summed E-state index contributed by atoms with van der Waals surface area (Å²) in [5, 5.41) is 0. The zero-order chi connectivity index (χ0) is 4.12. The molecule has 0 fully saturated rings. The molecule has 0 spiro atoms. The minimum Gasteiger partial charge on any atom is -1.00 e. The van der Waals surface area contributed by atoms with Gasteiger partial charge in [0.1, 0.15) is 0 Å². The van der Waals surface area contributed by atoms with Gasteiger partial charge in [-0.1, -0.05) is 33.1 Å². The van der Waals surface area contributed by atoms with Crippen molar-refractivity contribution in [3.8, 4) is 0 Å². The third-order valence-corrected chi connectivity index (χ3v) is 0.707. The van der Waals surface area contributed by atoms with Gasteiger partial charge in [0.15, 0.2) is 0 Å². The standard InChI is InChI=1S/C5H12.Mg.2H/c1-3-5-4-2;;;/h3-5H2,1-2H3;;;/q;+2;2*-1. The first-order valence-corrected chi connectivity index (χ1v) is 2.41. The Hall–Kier alpha value is 0.766. The van der Waals surface area contributed by atoms with E-state index in [0.29, 0.717) is 0 Å². The molecule has 6 heavy (non-hydrogen) atoms. The van der Waals surface area contributed by atoms with Crippen LogP contribution in [-0.2, 0) is 0 Å². The molecule has 0 heterocycles. The first-order valence-electron chi connectivity index (χ1n) is 2.41. The molecule has 0 radical (unpaired) electrons. The maximum absolute atomic E-state index is 2.21. The summed E-state index contributed by atoms with van der Waals surface area (Å²) in [7, 11) is 0. The van der Waals surface area contributed by atoms with Crippen LogP contribution in [0.3, 0.4) is 0 Å². The maximum Gasteiger partial charge on any atom is 2.00 e. The van der Waals surface area contributed by atoms with Crippen molar-refractivity contribution in [1.82, 2.24) is 0 Å². The zero-order valence-electron chi connectivity index (χ0n) is 6.83. The van der Waals surface area contributed by atoms with Crippen molar-refractivity contribution in [2.75, 3.05) is 0 Å². The number of unbranched alkanes of at least 4 members (excludes halogenated alkanes) is 2. The third-order valence-electron chi connectivity index (χ3n) is 0.707. The Morgan fingerprint density at radius 1 is 1.17 bits per heavy atom. The second-order valence-corrected chi connectivity index (χ2v) is 1.35. The first-order chi connectivity index (χ1) is 2.41. The van der Waals surface area contributed by atoms with Gasteiger partial charge in [-0.3, -0.25) is 0 Å². The minimum absolute atomic E-state index is 0. The molecule has 0 aliphatic heterocycles. The van der Waals surface area contributed by atoms with Crippen molar-refractivity contribution >= 4 is 23.1 Å². The molecule has 0 atom stereocenters. The van der Waals surface area contributed by atoms with Crippen LogP contribution in [0.15, 0.2) is 0 Å². The van der Waals surface area contributed by atoms with Crippen LogP contribution in [0.25, 0.3) is 0 Å². The van der Waals surface area contributed by atoms with Crippen LogP contribution in [0.5, 0.6) is 0 Å². The molecule has 0 aliphatic rings. The van der Waals surface area contributed by atoms with Gasteiger partial charge < -0.3 is 2.85 Å². The average molecular weight is 98.5 g/mol. The van der Waals surface area contributed by atoms with Crippen molar-refractivity contribution in [2.24, 2.45) is 0 Å². The van der Waals surface area contributed by atoms with Crippen molar-refractivity contribution < 1.29 is 2.85 Å². The molecule has 0 aromatic rings. The number of hydrogen-bond acceptors (Lipinski definition) is 0. The molecule has 0 aromatic heterocycles. The normalized spacial score (nSPS) is 7.00. The smallest absolute Gasteiger partial charge is 1.00 e. The van der Waals surface area contributed by atoms with Gasteiger partial charge in [0, 0.05) is 0 Å². The van der Waals surface area contributed by atoms with E-state index in [1.807, 2.05) is 0 Å². The molecule has 0 saturated carbocycles. The van der Waals surface area contributed by atoms with E-state index in [2.05, 4.69) is 13.8 Å². The molecule has 0 aromatic carbocycles. The third kappa shape index (κ3) is 8.84. The topological polar surface area (TPSA) is 0 Å². The van der Waals surface area contributed by atoms with Crippen molar-refractivity contribution in [2.45, 2.75) is 33.1 Å². The molecule has 0 nitrogen and oxygen atoms in total. The van der Waals surface area contributed by atoms with Gasteiger partial charge in [-0.2, -0.15) is 0 Å². The van der Waals surface area contributed by atoms with Crippen LogP contribution in [-0.4, -0.2) is 23.1 Å². The Bertz CT molecular complexity index is 17.9. The summed E-state index contributed by atoms with van der Waals surface area (Å²) >= 11 is 0. The predicted octanol–water partition coefficient (Wildman–Crippen LogP) is 2.04. The summed E-state index contributed by atoms with van der Waals surface area (Å²) < 4.78 is 0. The average Bonchev–Trinajstić information content (AvgIpc) is 1.41. The van der Waals surface area contributed by atoms with Gasteiger partial charge in [-0.15, -0.1) is 0 Å². The maximum atomic E-state index is 2.21. The van der Waals surface area contributed by atoms with Crippen LogP contribution in [0, 0.1) is 0 Å². The van der Waals surface area contributed by atoms with E-state index in [1.54, 1.807) is 0 Å². The molecule has 0 saturated heterocycles. The molecule has 0 aliphatic carbocycles. The molecule has 1 heteroatoms. The van der Waals surface area contributed by atoms with Gasteiger partial charge in [0.05, 0.1) is 0 Å². The summed E-state index contributed by atoms with van der Waals surface area (Å²) in [6, 6.07) is 0. The quantitative estimate of drug-likeness (QED) is 0.464. The van der Waals surface area contributed by atoms with Crippen LogP contribution in [0.4, 0.5) is 0 Å². The van der Waals surface area contributed by atoms with E-state index in [0.717, 1.165) is 0 Å². The van der Waals surface area contributed by atoms with Crippen LogP contribution >= 0.6 is 0 Å². The Balaban J connectivity index is -0.0000000267. The second kappa shape index (κ2) is 9.23. The molecule has 0 N–H and O–H groups in total.